The molecule has 1 heterocycles. The van der Waals surface area contributed by atoms with E-state index in [-0.39, 0.29) is 22.8 Å². The number of benzene rings is 1. The minimum atomic E-state index is -0.0184. The van der Waals surface area contributed by atoms with Crippen molar-refractivity contribution in [1.82, 2.24) is 15.1 Å². The lowest BCUT2D eigenvalue weighted by atomic mass is 9.64. The highest BCUT2D eigenvalue weighted by Gasteiger charge is 2.50. The van der Waals surface area contributed by atoms with Crippen molar-refractivity contribution in [3.05, 3.63) is 35.9 Å². The summed E-state index contributed by atoms with van der Waals surface area (Å²) in [5.41, 5.74) is 1.48. The molecule has 1 aromatic carbocycles. The Morgan fingerprint density at radius 1 is 1.17 bits per heavy atom. The SMILES string of the molecule is COCCNC(=O)CCN1CC2(CCC(c3ccccc3)(N(C)C)CC2)CC1=O. The predicted molar refractivity (Wildman–Crippen MR) is 113 cm³/mol. The van der Waals surface area contributed by atoms with Gasteiger partial charge in [-0.3, -0.25) is 14.5 Å². The second kappa shape index (κ2) is 9.26. The van der Waals surface area contributed by atoms with Gasteiger partial charge in [-0.05, 0) is 50.8 Å². The van der Waals surface area contributed by atoms with Gasteiger partial charge < -0.3 is 15.0 Å². The van der Waals surface area contributed by atoms with Gasteiger partial charge in [0, 0.05) is 45.1 Å². The molecule has 0 unspecified atom stereocenters. The largest absolute Gasteiger partial charge is 0.383 e. The second-order valence-corrected chi connectivity index (χ2v) is 8.88. The van der Waals surface area contributed by atoms with Crippen LogP contribution in [0.3, 0.4) is 0 Å². The molecule has 29 heavy (non-hydrogen) atoms. The summed E-state index contributed by atoms with van der Waals surface area (Å²) < 4.78 is 4.95. The van der Waals surface area contributed by atoms with E-state index >= 15 is 0 Å². The van der Waals surface area contributed by atoms with Crippen LogP contribution in [0.2, 0.25) is 0 Å². The average molecular weight is 402 g/mol. The van der Waals surface area contributed by atoms with Crippen LogP contribution in [0, 0.1) is 5.41 Å². The maximum absolute atomic E-state index is 12.6. The van der Waals surface area contributed by atoms with E-state index in [1.165, 1.54) is 5.56 Å². The molecule has 6 heteroatoms. The van der Waals surface area contributed by atoms with Crippen LogP contribution in [0.5, 0.6) is 0 Å². The van der Waals surface area contributed by atoms with E-state index in [0.717, 1.165) is 32.2 Å². The van der Waals surface area contributed by atoms with Crippen molar-refractivity contribution < 1.29 is 14.3 Å². The number of methoxy groups -OCH3 is 1. The Hall–Kier alpha value is -1.92. The third-order valence-electron chi connectivity index (χ3n) is 6.95. The first-order chi connectivity index (χ1) is 13.9. The lowest BCUT2D eigenvalue weighted by molar-refractivity contribution is -0.128. The lowest BCUT2D eigenvalue weighted by Crippen LogP contribution is -2.47. The molecule has 1 saturated carbocycles. The van der Waals surface area contributed by atoms with Crippen LogP contribution < -0.4 is 5.32 Å². The van der Waals surface area contributed by atoms with Crippen molar-refractivity contribution in [2.75, 3.05) is 47.4 Å². The molecule has 2 aliphatic rings. The molecule has 1 aliphatic carbocycles. The lowest BCUT2D eigenvalue weighted by Gasteiger charge is -2.48. The third-order valence-corrected chi connectivity index (χ3v) is 6.95. The monoisotopic (exact) mass is 401 g/mol. The molecule has 1 aliphatic heterocycles. The summed E-state index contributed by atoms with van der Waals surface area (Å²) >= 11 is 0. The molecule has 6 nitrogen and oxygen atoms in total. The van der Waals surface area contributed by atoms with Gasteiger partial charge in [0.05, 0.1) is 6.61 Å². The van der Waals surface area contributed by atoms with Crippen molar-refractivity contribution in [3.63, 3.8) is 0 Å². The molecular formula is C23H35N3O3. The Balaban J connectivity index is 1.58. The maximum Gasteiger partial charge on any atom is 0.223 e. The first-order valence-corrected chi connectivity index (χ1v) is 10.7. The molecule has 0 aromatic heterocycles. The van der Waals surface area contributed by atoms with Gasteiger partial charge >= 0.3 is 0 Å². The molecule has 2 amide bonds. The highest BCUT2D eigenvalue weighted by Crippen LogP contribution is 2.52. The molecule has 1 spiro atoms. The van der Waals surface area contributed by atoms with Gasteiger partial charge in [0.2, 0.25) is 11.8 Å². The van der Waals surface area contributed by atoms with E-state index in [1.807, 2.05) is 4.90 Å². The minimum Gasteiger partial charge on any atom is -0.383 e. The summed E-state index contributed by atoms with van der Waals surface area (Å²) in [4.78, 5) is 28.9. The van der Waals surface area contributed by atoms with Gasteiger partial charge in [-0.15, -0.1) is 0 Å². The summed E-state index contributed by atoms with van der Waals surface area (Å²) in [5, 5.41) is 2.83. The van der Waals surface area contributed by atoms with Gasteiger partial charge in [-0.25, -0.2) is 0 Å². The summed E-state index contributed by atoms with van der Waals surface area (Å²) in [6, 6.07) is 10.8. The zero-order valence-corrected chi connectivity index (χ0v) is 18.1. The van der Waals surface area contributed by atoms with Crippen molar-refractivity contribution in [2.45, 2.75) is 44.1 Å². The molecule has 0 bridgehead atoms. The maximum atomic E-state index is 12.6. The number of rotatable bonds is 8. The highest BCUT2D eigenvalue weighted by molar-refractivity contribution is 5.81. The fraction of sp³-hybridized carbons (Fsp3) is 0.652. The number of likely N-dealkylation sites (tertiary alicyclic amines) is 1. The van der Waals surface area contributed by atoms with Crippen LogP contribution in [-0.2, 0) is 19.9 Å². The minimum absolute atomic E-state index is 0.0184. The molecule has 0 radical (unpaired) electrons. The summed E-state index contributed by atoms with van der Waals surface area (Å²) in [6.45, 7) is 2.32. The Morgan fingerprint density at radius 2 is 1.86 bits per heavy atom. The van der Waals surface area contributed by atoms with E-state index in [4.69, 9.17) is 4.74 Å². The van der Waals surface area contributed by atoms with Gasteiger partial charge in [-0.2, -0.15) is 0 Å². The van der Waals surface area contributed by atoms with E-state index in [0.29, 0.717) is 32.5 Å². The number of amides is 2. The van der Waals surface area contributed by atoms with Crippen LogP contribution in [0.15, 0.2) is 30.3 Å². The smallest absolute Gasteiger partial charge is 0.223 e. The Kier molecular flexibility index (Phi) is 6.96. The van der Waals surface area contributed by atoms with Crippen LogP contribution in [0.1, 0.15) is 44.1 Å². The third kappa shape index (κ3) is 4.81. The standard InChI is InChI=1S/C23H35N3O3/c1-25(2)23(19-7-5-4-6-8-19)12-10-22(11-13-23)17-21(28)26(18-22)15-9-20(27)24-14-16-29-3/h4-8H,9-18H2,1-3H3,(H,24,27). The summed E-state index contributed by atoms with van der Waals surface area (Å²) in [6.07, 6.45) is 5.18. The predicted octanol–water partition coefficient (Wildman–Crippen LogP) is 2.39. The first kappa shape index (κ1) is 21.8. The number of ether oxygens (including phenoxy) is 1. The Morgan fingerprint density at radius 3 is 2.48 bits per heavy atom. The molecule has 3 rings (SSSR count). The number of nitrogens with zero attached hydrogens (tertiary/aromatic N) is 2. The zero-order valence-electron chi connectivity index (χ0n) is 18.1. The number of carbonyl (C=O) groups is 2. The molecule has 1 aromatic rings. The zero-order chi connectivity index (χ0) is 20.9. The van der Waals surface area contributed by atoms with E-state index in [1.54, 1.807) is 7.11 Å². The summed E-state index contributed by atoms with van der Waals surface area (Å²) in [7, 11) is 5.94. The Labute approximate surface area is 174 Å². The van der Waals surface area contributed by atoms with Crippen LogP contribution in [0.4, 0.5) is 0 Å². The van der Waals surface area contributed by atoms with Gasteiger partial charge in [0.1, 0.15) is 0 Å². The normalized spacial score (nSPS) is 27.0. The average Bonchev–Trinajstić information content (AvgIpc) is 3.03. The number of hydrogen-bond acceptors (Lipinski definition) is 4. The Bertz CT molecular complexity index is 697. The molecule has 2 fully saturated rings. The van der Waals surface area contributed by atoms with Gasteiger partial charge in [-0.1, -0.05) is 30.3 Å². The number of carbonyl (C=O) groups excluding carboxylic acids is 2. The van der Waals surface area contributed by atoms with Crippen molar-refractivity contribution in [1.29, 1.82) is 0 Å². The molecule has 0 atom stereocenters. The number of hydrogen-bond donors (Lipinski definition) is 1. The first-order valence-electron chi connectivity index (χ1n) is 10.7. The van der Waals surface area contributed by atoms with Crippen molar-refractivity contribution in [3.8, 4) is 0 Å². The van der Waals surface area contributed by atoms with Gasteiger partial charge in [0.25, 0.3) is 0 Å². The second-order valence-electron chi connectivity index (χ2n) is 8.88. The van der Waals surface area contributed by atoms with E-state index in [9.17, 15) is 9.59 Å². The fourth-order valence-corrected chi connectivity index (χ4v) is 5.07. The molecule has 160 valence electrons. The molecular weight excluding hydrogens is 366 g/mol. The van der Waals surface area contributed by atoms with Crippen molar-refractivity contribution in [2.24, 2.45) is 5.41 Å². The van der Waals surface area contributed by atoms with E-state index in [2.05, 4.69) is 54.6 Å². The van der Waals surface area contributed by atoms with Crippen LogP contribution in [-0.4, -0.2) is 69.1 Å². The fourth-order valence-electron chi connectivity index (χ4n) is 5.07. The molecule has 1 saturated heterocycles. The van der Waals surface area contributed by atoms with E-state index < -0.39 is 0 Å². The van der Waals surface area contributed by atoms with Crippen LogP contribution >= 0.6 is 0 Å². The quantitative estimate of drug-likeness (QED) is 0.680. The topological polar surface area (TPSA) is 61.9 Å². The summed E-state index contributed by atoms with van der Waals surface area (Å²) in [5.74, 6) is 0.182. The van der Waals surface area contributed by atoms with Crippen LogP contribution in [0.25, 0.3) is 0 Å². The van der Waals surface area contributed by atoms with Crippen molar-refractivity contribution >= 4 is 11.8 Å². The number of nitrogens with one attached hydrogen (secondary N) is 1. The van der Waals surface area contributed by atoms with Gasteiger partial charge in [0.15, 0.2) is 0 Å². The molecule has 1 N–H and O–H groups in total. The highest BCUT2D eigenvalue weighted by atomic mass is 16.5.